The van der Waals surface area contributed by atoms with E-state index in [2.05, 4.69) is 34.2 Å². The number of hydrogen-bond acceptors (Lipinski definition) is 3. The summed E-state index contributed by atoms with van der Waals surface area (Å²) >= 11 is 5.49. The SMILES string of the molecule is CC(Cc1ccco1)NC1CCCc2sc(Br)cc21. The minimum Gasteiger partial charge on any atom is -0.469 e. The average molecular weight is 340 g/mol. The van der Waals surface area contributed by atoms with Crippen LogP contribution in [0, 0.1) is 0 Å². The molecule has 0 saturated heterocycles. The first-order valence-electron chi connectivity index (χ1n) is 6.79. The topological polar surface area (TPSA) is 25.2 Å². The van der Waals surface area contributed by atoms with E-state index in [0.29, 0.717) is 12.1 Å². The maximum atomic E-state index is 5.42. The maximum absolute atomic E-state index is 5.42. The number of rotatable bonds is 4. The van der Waals surface area contributed by atoms with Gasteiger partial charge in [0.15, 0.2) is 0 Å². The maximum Gasteiger partial charge on any atom is 0.105 e. The fourth-order valence-electron chi connectivity index (χ4n) is 2.83. The lowest BCUT2D eigenvalue weighted by Gasteiger charge is -2.27. The fourth-order valence-corrected chi connectivity index (χ4v) is 4.65. The first-order chi connectivity index (χ1) is 9.22. The van der Waals surface area contributed by atoms with Crippen molar-refractivity contribution in [1.82, 2.24) is 5.32 Å². The number of fused-ring (bicyclic) bond motifs is 1. The Bertz CT molecular complexity index is 534. The summed E-state index contributed by atoms with van der Waals surface area (Å²) in [7, 11) is 0. The van der Waals surface area contributed by atoms with Crippen molar-refractivity contribution in [1.29, 1.82) is 0 Å². The van der Waals surface area contributed by atoms with Crippen molar-refractivity contribution in [2.45, 2.75) is 44.7 Å². The highest BCUT2D eigenvalue weighted by molar-refractivity contribution is 9.11. The number of halogens is 1. The van der Waals surface area contributed by atoms with Crippen LogP contribution in [0.25, 0.3) is 0 Å². The van der Waals surface area contributed by atoms with E-state index in [-0.39, 0.29) is 0 Å². The zero-order chi connectivity index (χ0) is 13.2. The number of aryl methyl sites for hydroxylation is 1. The molecule has 3 rings (SSSR count). The van der Waals surface area contributed by atoms with Gasteiger partial charge >= 0.3 is 0 Å². The smallest absolute Gasteiger partial charge is 0.105 e. The first-order valence-corrected chi connectivity index (χ1v) is 8.40. The Morgan fingerprint density at radius 2 is 2.47 bits per heavy atom. The van der Waals surface area contributed by atoms with Gasteiger partial charge in [0.2, 0.25) is 0 Å². The molecule has 0 bridgehead atoms. The average Bonchev–Trinajstić information content (AvgIpc) is 2.97. The van der Waals surface area contributed by atoms with Crippen LogP contribution in [0.1, 0.15) is 42.0 Å². The minimum atomic E-state index is 0.431. The second kappa shape index (κ2) is 5.81. The van der Waals surface area contributed by atoms with Crippen molar-refractivity contribution in [3.05, 3.63) is 44.4 Å². The minimum absolute atomic E-state index is 0.431. The van der Waals surface area contributed by atoms with Crippen LogP contribution < -0.4 is 5.32 Å². The molecule has 2 unspecified atom stereocenters. The van der Waals surface area contributed by atoms with E-state index in [1.54, 1.807) is 11.1 Å². The summed E-state index contributed by atoms with van der Waals surface area (Å²) < 4.78 is 6.68. The standard InChI is InChI=1S/C15H18BrNOS/c1-10(8-11-4-3-7-18-11)17-13-5-2-6-14-12(13)9-15(16)19-14/h3-4,7,9-10,13,17H,2,5-6,8H2,1H3. The molecule has 0 saturated carbocycles. The third kappa shape index (κ3) is 3.12. The van der Waals surface area contributed by atoms with Gasteiger partial charge in [-0.3, -0.25) is 0 Å². The fraction of sp³-hybridized carbons (Fsp3) is 0.467. The lowest BCUT2D eigenvalue weighted by Crippen LogP contribution is -2.33. The molecule has 1 aliphatic carbocycles. The van der Waals surface area contributed by atoms with E-state index < -0.39 is 0 Å². The Balaban J connectivity index is 1.67. The first kappa shape index (κ1) is 13.4. The van der Waals surface area contributed by atoms with Crippen molar-refractivity contribution in [3.8, 4) is 0 Å². The Morgan fingerprint density at radius 1 is 1.58 bits per heavy atom. The number of thiophene rings is 1. The third-order valence-corrected chi connectivity index (χ3v) is 5.37. The van der Waals surface area contributed by atoms with Crippen LogP contribution in [-0.4, -0.2) is 6.04 Å². The Morgan fingerprint density at radius 3 is 3.26 bits per heavy atom. The highest BCUT2D eigenvalue weighted by Crippen LogP contribution is 2.38. The Labute approximate surface area is 126 Å². The predicted molar refractivity (Wildman–Crippen MR) is 82.7 cm³/mol. The third-order valence-electron chi connectivity index (χ3n) is 3.66. The van der Waals surface area contributed by atoms with Crippen LogP contribution in [0.2, 0.25) is 0 Å². The molecule has 102 valence electrons. The summed E-state index contributed by atoms with van der Waals surface area (Å²) in [6, 6.07) is 7.22. The highest BCUT2D eigenvalue weighted by Gasteiger charge is 2.23. The molecule has 2 aromatic rings. The van der Waals surface area contributed by atoms with Crippen LogP contribution in [0.5, 0.6) is 0 Å². The van der Waals surface area contributed by atoms with Crippen molar-refractivity contribution in [3.63, 3.8) is 0 Å². The van der Waals surface area contributed by atoms with E-state index >= 15 is 0 Å². The summed E-state index contributed by atoms with van der Waals surface area (Å²) in [6.45, 7) is 2.23. The summed E-state index contributed by atoms with van der Waals surface area (Å²) in [5.41, 5.74) is 1.49. The largest absolute Gasteiger partial charge is 0.469 e. The number of nitrogens with one attached hydrogen (secondary N) is 1. The monoisotopic (exact) mass is 339 g/mol. The van der Waals surface area contributed by atoms with Crippen LogP contribution in [0.15, 0.2) is 32.7 Å². The Kier molecular flexibility index (Phi) is 4.10. The molecule has 1 aliphatic rings. The van der Waals surface area contributed by atoms with Gasteiger partial charge in [-0.25, -0.2) is 0 Å². The molecule has 2 atom stereocenters. The zero-order valence-electron chi connectivity index (χ0n) is 11.0. The highest BCUT2D eigenvalue weighted by atomic mass is 79.9. The molecule has 0 fully saturated rings. The van der Waals surface area contributed by atoms with Crippen molar-refractivity contribution < 1.29 is 4.42 Å². The molecule has 2 nitrogen and oxygen atoms in total. The van der Waals surface area contributed by atoms with Crippen molar-refractivity contribution in [2.75, 3.05) is 0 Å². The van der Waals surface area contributed by atoms with Crippen LogP contribution in [-0.2, 0) is 12.8 Å². The van der Waals surface area contributed by atoms with Gasteiger partial charge in [-0.2, -0.15) is 0 Å². The molecule has 0 amide bonds. The van der Waals surface area contributed by atoms with Gasteiger partial charge in [-0.1, -0.05) is 0 Å². The molecule has 1 N–H and O–H groups in total. The van der Waals surface area contributed by atoms with E-state index in [1.807, 2.05) is 23.5 Å². The summed E-state index contributed by atoms with van der Waals surface area (Å²) in [5.74, 6) is 1.06. The lowest BCUT2D eigenvalue weighted by atomic mass is 9.93. The molecule has 0 radical (unpaired) electrons. The van der Waals surface area contributed by atoms with E-state index in [4.69, 9.17) is 4.42 Å². The molecule has 0 aliphatic heterocycles. The molecular weight excluding hydrogens is 322 g/mol. The van der Waals surface area contributed by atoms with Crippen LogP contribution in [0.4, 0.5) is 0 Å². The van der Waals surface area contributed by atoms with Crippen molar-refractivity contribution in [2.24, 2.45) is 0 Å². The van der Waals surface area contributed by atoms with E-state index in [0.717, 1.165) is 12.2 Å². The molecule has 2 aromatic heterocycles. The summed E-state index contributed by atoms with van der Waals surface area (Å²) in [5, 5.41) is 3.75. The molecule has 0 spiro atoms. The van der Waals surface area contributed by atoms with Crippen LogP contribution in [0.3, 0.4) is 0 Å². The zero-order valence-corrected chi connectivity index (χ0v) is 13.4. The second-order valence-electron chi connectivity index (χ2n) is 5.23. The predicted octanol–water partition coefficient (Wildman–Crippen LogP) is 4.70. The van der Waals surface area contributed by atoms with Gasteiger partial charge in [0.1, 0.15) is 5.76 Å². The van der Waals surface area contributed by atoms with E-state index in [9.17, 15) is 0 Å². The van der Waals surface area contributed by atoms with Gasteiger partial charge in [-0.15, -0.1) is 11.3 Å². The molecule has 0 aromatic carbocycles. The van der Waals surface area contributed by atoms with Gasteiger partial charge in [0, 0.05) is 23.4 Å². The normalized spacial score (nSPS) is 20.2. The number of furan rings is 1. The van der Waals surface area contributed by atoms with Gasteiger partial charge in [-0.05, 0) is 65.9 Å². The van der Waals surface area contributed by atoms with Gasteiger partial charge < -0.3 is 9.73 Å². The molecular formula is C15H18BrNOS. The lowest BCUT2D eigenvalue weighted by molar-refractivity contribution is 0.388. The number of hydrogen-bond donors (Lipinski definition) is 1. The van der Waals surface area contributed by atoms with Gasteiger partial charge in [0.05, 0.1) is 10.0 Å². The molecule has 2 heterocycles. The van der Waals surface area contributed by atoms with E-state index in [1.165, 1.54) is 28.6 Å². The second-order valence-corrected chi connectivity index (χ2v) is 7.74. The van der Waals surface area contributed by atoms with Crippen LogP contribution >= 0.6 is 27.3 Å². The van der Waals surface area contributed by atoms with Gasteiger partial charge in [0.25, 0.3) is 0 Å². The Hall–Kier alpha value is -0.580. The quantitative estimate of drug-likeness (QED) is 0.873. The summed E-state index contributed by atoms with van der Waals surface area (Å²) in [4.78, 5) is 1.54. The van der Waals surface area contributed by atoms with Crippen molar-refractivity contribution >= 4 is 27.3 Å². The molecule has 4 heteroatoms. The molecule has 19 heavy (non-hydrogen) atoms. The summed E-state index contributed by atoms with van der Waals surface area (Å²) in [6.07, 6.45) is 6.45.